The molecule has 1 atom stereocenters. The maximum absolute atomic E-state index is 13.4. The second-order valence-corrected chi connectivity index (χ2v) is 7.04. The number of rotatable bonds is 6. The summed E-state index contributed by atoms with van der Waals surface area (Å²) in [6, 6.07) is 6.10. The Balaban J connectivity index is 1.50. The largest absolute Gasteiger partial charge is 0.459 e. The van der Waals surface area contributed by atoms with Gasteiger partial charge in [0.25, 0.3) is 11.8 Å². The molecule has 2 heterocycles. The van der Waals surface area contributed by atoms with Gasteiger partial charge in [-0.2, -0.15) is 4.39 Å². The number of benzene rings is 1. The van der Waals surface area contributed by atoms with Crippen LogP contribution in [-0.4, -0.2) is 46.8 Å². The first-order chi connectivity index (χ1) is 14.8. The normalized spacial score (nSPS) is 15.2. The highest BCUT2D eigenvalue weighted by molar-refractivity contribution is 5.95. The first-order valence-electron chi connectivity index (χ1n) is 9.54. The third kappa shape index (κ3) is 5.24. The standard InChI is InChI=1S/C20H20FN3O7/c1-12(18(25)22-14-4-5-15(21)16(11-14)24(28)29)31-20(27)13-6-8-23(9-7-13)19(26)17-3-2-10-30-17/h2-5,10-13H,6-9H2,1H3,(H,22,25). The van der Waals surface area contributed by atoms with E-state index in [4.69, 9.17) is 9.15 Å². The van der Waals surface area contributed by atoms with E-state index in [1.54, 1.807) is 17.0 Å². The summed E-state index contributed by atoms with van der Waals surface area (Å²) in [6.07, 6.45) is 1.00. The van der Waals surface area contributed by atoms with Crippen molar-refractivity contribution in [3.05, 3.63) is 58.3 Å². The van der Waals surface area contributed by atoms with Crippen LogP contribution >= 0.6 is 0 Å². The molecule has 1 aliphatic rings. The number of carbonyl (C=O) groups is 3. The van der Waals surface area contributed by atoms with Crippen molar-refractivity contribution in [3.63, 3.8) is 0 Å². The molecule has 0 saturated carbocycles. The number of nitrogens with zero attached hydrogens (tertiary/aromatic N) is 2. The summed E-state index contributed by atoms with van der Waals surface area (Å²) in [5, 5.41) is 13.2. The number of hydrogen-bond acceptors (Lipinski definition) is 7. The fourth-order valence-corrected chi connectivity index (χ4v) is 3.17. The fourth-order valence-electron chi connectivity index (χ4n) is 3.17. The Morgan fingerprint density at radius 3 is 2.61 bits per heavy atom. The smallest absolute Gasteiger partial charge is 0.309 e. The minimum Gasteiger partial charge on any atom is -0.459 e. The number of anilines is 1. The molecule has 0 radical (unpaired) electrons. The van der Waals surface area contributed by atoms with Gasteiger partial charge in [0.1, 0.15) is 0 Å². The zero-order valence-electron chi connectivity index (χ0n) is 16.6. The Morgan fingerprint density at radius 1 is 1.29 bits per heavy atom. The third-order valence-corrected chi connectivity index (χ3v) is 4.92. The van der Waals surface area contributed by atoms with Gasteiger partial charge in [-0.3, -0.25) is 24.5 Å². The van der Waals surface area contributed by atoms with Crippen molar-refractivity contribution in [3.8, 4) is 0 Å². The first kappa shape index (κ1) is 21.9. The Kier molecular flexibility index (Phi) is 6.63. The summed E-state index contributed by atoms with van der Waals surface area (Å²) in [6.45, 7) is 2.05. The predicted octanol–water partition coefficient (Wildman–Crippen LogP) is 2.75. The lowest BCUT2D eigenvalue weighted by Crippen LogP contribution is -2.41. The van der Waals surface area contributed by atoms with Crippen LogP contribution in [0, 0.1) is 21.8 Å². The van der Waals surface area contributed by atoms with Crippen molar-refractivity contribution in [2.24, 2.45) is 5.92 Å². The van der Waals surface area contributed by atoms with Gasteiger partial charge in [0.05, 0.1) is 17.1 Å². The molecule has 1 aromatic heterocycles. The minimum atomic E-state index is -1.17. The van der Waals surface area contributed by atoms with E-state index in [1.807, 2.05) is 0 Å². The molecular formula is C20H20FN3O7. The van der Waals surface area contributed by atoms with E-state index >= 15 is 0 Å². The second kappa shape index (κ2) is 9.37. The Hall–Kier alpha value is -3.76. The quantitative estimate of drug-likeness (QED) is 0.421. The molecule has 1 N–H and O–H groups in total. The van der Waals surface area contributed by atoms with Crippen LogP contribution in [0.5, 0.6) is 0 Å². The summed E-state index contributed by atoms with van der Waals surface area (Å²) in [5.41, 5.74) is -0.774. The van der Waals surface area contributed by atoms with Crippen LogP contribution in [0.25, 0.3) is 0 Å². The van der Waals surface area contributed by atoms with Crippen LogP contribution in [0.4, 0.5) is 15.8 Å². The van der Waals surface area contributed by atoms with Gasteiger partial charge in [0.15, 0.2) is 11.9 Å². The highest BCUT2D eigenvalue weighted by Gasteiger charge is 2.31. The lowest BCUT2D eigenvalue weighted by molar-refractivity contribution is -0.387. The molecule has 0 aliphatic carbocycles. The number of halogens is 1. The summed E-state index contributed by atoms with van der Waals surface area (Å²) in [7, 11) is 0. The van der Waals surface area contributed by atoms with Crippen molar-refractivity contribution in [1.29, 1.82) is 0 Å². The van der Waals surface area contributed by atoms with E-state index < -0.39 is 40.3 Å². The molecule has 2 amide bonds. The average molecular weight is 433 g/mol. The number of esters is 1. The van der Waals surface area contributed by atoms with Crippen molar-refractivity contribution >= 4 is 29.2 Å². The van der Waals surface area contributed by atoms with Gasteiger partial charge in [-0.25, -0.2) is 0 Å². The van der Waals surface area contributed by atoms with Crippen molar-refractivity contribution in [2.75, 3.05) is 18.4 Å². The molecule has 0 bridgehead atoms. The Labute approximate surface area is 176 Å². The number of hydrogen-bond donors (Lipinski definition) is 1. The van der Waals surface area contributed by atoms with E-state index in [9.17, 15) is 28.9 Å². The van der Waals surface area contributed by atoms with Crippen LogP contribution in [0.1, 0.15) is 30.3 Å². The molecule has 0 spiro atoms. The molecule has 1 aliphatic heterocycles. The molecule has 1 fully saturated rings. The highest BCUT2D eigenvalue weighted by atomic mass is 19.1. The van der Waals surface area contributed by atoms with Crippen molar-refractivity contribution in [1.82, 2.24) is 4.90 Å². The molecule has 164 valence electrons. The molecule has 1 saturated heterocycles. The van der Waals surface area contributed by atoms with E-state index in [0.29, 0.717) is 25.9 Å². The van der Waals surface area contributed by atoms with Gasteiger partial charge in [-0.1, -0.05) is 0 Å². The third-order valence-electron chi connectivity index (χ3n) is 4.92. The van der Waals surface area contributed by atoms with Crippen molar-refractivity contribution in [2.45, 2.75) is 25.9 Å². The van der Waals surface area contributed by atoms with Gasteiger partial charge in [-0.15, -0.1) is 0 Å². The van der Waals surface area contributed by atoms with Gasteiger partial charge in [0.2, 0.25) is 5.82 Å². The van der Waals surface area contributed by atoms with Crippen LogP contribution < -0.4 is 5.32 Å². The summed E-state index contributed by atoms with van der Waals surface area (Å²) in [4.78, 5) is 48.4. The molecule has 3 rings (SSSR count). The summed E-state index contributed by atoms with van der Waals surface area (Å²) in [5.74, 6) is -2.80. The zero-order chi connectivity index (χ0) is 22.5. The van der Waals surface area contributed by atoms with E-state index in [2.05, 4.69) is 5.32 Å². The number of nitro benzene ring substituents is 1. The topological polar surface area (TPSA) is 132 Å². The number of piperidine rings is 1. The summed E-state index contributed by atoms with van der Waals surface area (Å²) >= 11 is 0. The predicted molar refractivity (Wildman–Crippen MR) is 105 cm³/mol. The van der Waals surface area contributed by atoms with Crippen molar-refractivity contribution < 1.29 is 32.9 Å². The van der Waals surface area contributed by atoms with Gasteiger partial charge in [0, 0.05) is 24.8 Å². The maximum atomic E-state index is 13.4. The van der Waals surface area contributed by atoms with E-state index in [0.717, 1.165) is 12.1 Å². The van der Waals surface area contributed by atoms with Crippen LogP contribution in [-0.2, 0) is 14.3 Å². The van der Waals surface area contributed by atoms with Gasteiger partial charge < -0.3 is 19.4 Å². The van der Waals surface area contributed by atoms with E-state index in [-0.39, 0.29) is 17.4 Å². The molecular weight excluding hydrogens is 413 g/mol. The van der Waals surface area contributed by atoms with E-state index in [1.165, 1.54) is 19.3 Å². The average Bonchev–Trinajstić information content (AvgIpc) is 3.29. The maximum Gasteiger partial charge on any atom is 0.309 e. The zero-order valence-corrected chi connectivity index (χ0v) is 16.6. The number of furan rings is 1. The van der Waals surface area contributed by atoms with Crippen LogP contribution in [0.3, 0.4) is 0 Å². The lowest BCUT2D eigenvalue weighted by Gasteiger charge is -2.30. The summed E-state index contributed by atoms with van der Waals surface area (Å²) < 4.78 is 23.7. The first-order valence-corrected chi connectivity index (χ1v) is 9.54. The number of ether oxygens (including phenoxy) is 1. The molecule has 1 aromatic carbocycles. The molecule has 2 aromatic rings. The Morgan fingerprint density at radius 2 is 2.00 bits per heavy atom. The SMILES string of the molecule is CC(OC(=O)C1CCN(C(=O)c2ccco2)CC1)C(=O)Nc1ccc(F)c([N+](=O)[O-])c1. The number of nitrogens with one attached hydrogen (secondary N) is 1. The minimum absolute atomic E-state index is 0.00532. The number of carbonyl (C=O) groups excluding carboxylic acids is 3. The number of likely N-dealkylation sites (tertiary alicyclic amines) is 1. The van der Waals surface area contributed by atoms with Gasteiger partial charge in [-0.05, 0) is 44.0 Å². The lowest BCUT2D eigenvalue weighted by atomic mass is 9.97. The fraction of sp³-hybridized carbons (Fsp3) is 0.350. The molecule has 10 nitrogen and oxygen atoms in total. The van der Waals surface area contributed by atoms with Gasteiger partial charge >= 0.3 is 11.7 Å². The number of nitro groups is 1. The van der Waals surface area contributed by atoms with Crippen LogP contribution in [0.2, 0.25) is 0 Å². The van der Waals surface area contributed by atoms with Crippen LogP contribution in [0.15, 0.2) is 41.0 Å². The molecule has 1 unspecified atom stereocenters. The Bertz CT molecular complexity index is 985. The highest BCUT2D eigenvalue weighted by Crippen LogP contribution is 2.23. The second-order valence-electron chi connectivity index (χ2n) is 7.04. The molecule has 11 heteroatoms. The number of amides is 2. The molecule has 31 heavy (non-hydrogen) atoms. The monoisotopic (exact) mass is 433 g/mol.